The largest absolute Gasteiger partial charge is 0.479 e. The second-order valence-corrected chi connectivity index (χ2v) is 12.4. The van der Waals surface area contributed by atoms with E-state index in [2.05, 4.69) is 43.6 Å². The van der Waals surface area contributed by atoms with E-state index in [4.69, 9.17) is 18.9 Å². The third kappa shape index (κ3) is 17.7. The summed E-state index contributed by atoms with van der Waals surface area (Å²) in [5.41, 5.74) is 0.784. The van der Waals surface area contributed by atoms with E-state index >= 15 is 0 Å². The van der Waals surface area contributed by atoms with Crippen LogP contribution in [0.15, 0.2) is 18.2 Å². The molecule has 4 unspecified atom stereocenters. The first kappa shape index (κ1) is 41.3. The number of hydrogen-bond acceptors (Lipinski definition) is 10. The highest BCUT2D eigenvalue weighted by Gasteiger charge is 2.34. The van der Waals surface area contributed by atoms with E-state index < -0.39 is 30.4 Å². The average Bonchev–Trinajstić information content (AvgIpc) is 2.99. The van der Waals surface area contributed by atoms with Crippen molar-refractivity contribution >= 4 is 35.9 Å². The van der Waals surface area contributed by atoms with Crippen molar-refractivity contribution in [3.63, 3.8) is 0 Å². The van der Waals surface area contributed by atoms with Crippen molar-refractivity contribution in [2.24, 2.45) is 17.8 Å². The van der Waals surface area contributed by atoms with Crippen molar-refractivity contribution in [1.29, 1.82) is 0 Å². The molecule has 1 aliphatic heterocycles. The zero-order valence-electron chi connectivity index (χ0n) is 28.6. The van der Waals surface area contributed by atoms with Gasteiger partial charge in [-0.1, -0.05) is 47.6 Å². The number of rotatable bonds is 18. The van der Waals surface area contributed by atoms with E-state index in [1.54, 1.807) is 19.9 Å². The van der Waals surface area contributed by atoms with Crippen LogP contribution in [-0.4, -0.2) is 84.7 Å². The van der Waals surface area contributed by atoms with Gasteiger partial charge >= 0.3 is 11.9 Å². The van der Waals surface area contributed by atoms with Crippen molar-refractivity contribution in [1.82, 2.24) is 10.6 Å². The fraction of sp³-hybridized carbons (Fsp3) is 0.667. The molecule has 0 bridgehead atoms. The zero-order valence-corrected chi connectivity index (χ0v) is 28.6. The third-order valence-corrected chi connectivity index (χ3v) is 7.02. The van der Waals surface area contributed by atoms with Gasteiger partial charge in [0.15, 0.2) is 6.10 Å². The number of carboxylic acid groups (broad SMARTS) is 1. The lowest BCUT2D eigenvalue weighted by atomic mass is 10.1. The van der Waals surface area contributed by atoms with E-state index in [0.717, 1.165) is 13.0 Å². The minimum atomic E-state index is -1.24. The van der Waals surface area contributed by atoms with E-state index in [1.165, 1.54) is 12.1 Å². The minimum absolute atomic E-state index is 0.0242. The molecule has 14 heteroatoms. The van der Waals surface area contributed by atoms with Gasteiger partial charge < -0.3 is 45.1 Å². The fourth-order valence-corrected chi connectivity index (χ4v) is 3.82. The molecule has 0 aliphatic carbocycles. The normalized spacial score (nSPS) is 18.1. The van der Waals surface area contributed by atoms with Crippen LogP contribution in [0.2, 0.25) is 0 Å². The van der Waals surface area contributed by atoms with Crippen LogP contribution >= 0.6 is 0 Å². The number of benzene rings is 1. The number of esters is 1. The summed E-state index contributed by atoms with van der Waals surface area (Å²) in [5, 5.41) is 26.9. The number of ether oxygens (including phenoxy) is 4. The van der Waals surface area contributed by atoms with Crippen LogP contribution in [0.25, 0.3) is 0 Å². The van der Waals surface area contributed by atoms with Crippen molar-refractivity contribution in [3.8, 4) is 5.75 Å². The van der Waals surface area contributed by atoms with Crippen LogP contribution in [0.1, 0.15) is 79.7 Å². The monoisotopic (exact) mass is 667 g/mol. The Kier molecular flexibility index (Phi) is 19.3. The van der Waals surface area contributed by atoms with E-state index in [9.17, 15) is 34.2 Å². The van der Waals surface area contributed by atoms with Gasteiger partial charge in [0, 0.05) is 31.9 Å². The summed E-state index contributed by atoms with van der Waals surface area (Å²) in [4.78, 5) is 56.8. The summed E-state index contributed by atoms with van der Waals surface area (Å²) in [5.74, 6) is -1.08. The summed E-state index contributed by atoms with van der Waals surface area (Å²) in [7, 11) is 0. The number of hydrogen-bond donors (Lipinski definition) is 5. The summed E-state index contributed by atoms with van der Waals surface area (Å²) < 4.78 is 21.7. The number of aliphatic hydroxyl groups excluding tert-OH is 1. The maximum atomic E-state index is 12.0. The van der Waals surface area contributed by atoms with Crippen LogP contribution in [-0.2, 0) is 44.8 Å². The lowest BCUT2D eigenvalue weighted by Crippen LogP contribution is -2.42. The van der Waals surface area contributed by atoms with Crippen molar-refractivity contribution < 1.29 is 53.1 Å². The smallest absolute Gasteiger partial charge is 0.333 e. The maximum absolute atomic E-state index is 12.0. The summed E-state index contributed by atoms with van der Waals surface area (Å²) in [6, 6.07) is 4.87. The molecule has 0 radical (unpaired) electrons. The molecule has 0 aromatic heterocycles. The predicted molar refractivity (Wildman–Crippen MR) is 173 cm³/mol. The van der Waals surface area contributed by atoms with Crippen molar-refractivity contribution in [3.05, 3.63) is 23.8 Å². The molecule has 14 nitrogen and oxygen atoms in total. The molecule has 4 atom stereocenters. The fourth-order valence-electron chi connectivity index (χ4n) is 3.82. The number of aliphatic hydroxyl groups is 1. The molecular weight excluding hydrogens is 614 g/mol. The maximum Gasteiger partial charge on any atom is 0.333 e. The molecule has 2 rings (SSSR count). The third-order valence-electron chi connectivity index (χ3n) is 7.02. The minimum Gasteiger partial charge on any atom is -0.479 e. The van der Waals surface area contributed by atoms with E-state index in [0.29, 0.717) is 36.8 Å². The second kappa shape index (κ2) is 21.9. The van der Waals surface area contributed by atoms with Gasteiger partial charge in [-0.3, -0.25) is 19.2 Å². The van der Waals surface area contributed by atoms with Gasteiger partial charge in [-0.25, -0.2) is 4.79 Å². The lowest BCUT2D eigenvalue weighted by molar-refractivity contribution is -0.195. The predicted octanol–water partition coefficient (Wildman–Crippen LogP) is 3.00. The Bertz CT molecular complexity index is 1140. The van der Waals surface area contributed by atoms with Crippen molar-refractivity contribution in [2.45, 2.75) is 105 Å². The van der Waals surface area contributed by atoms with Gasteiger partial charge in [0.05, 0.1) is 30.9 Å². The average molecular weight is 668 g/mol. The van der Waals surface area contributed by atoms with Crippen LogP contribution < -0.4 is 20.7 Å². The molecular formula is C33H53N3O11. The molecule has 1 aromatic carbocycles. The molecule has 1 aliphatic rings. The number of amides is 3. The highest BCUT2D eigenvalue weighted by molar-refractivity contribution is 5.94. The number of anilines is 1. The molecule has 1 aromatic rings. The Labute approximate surface area is 277 Å². The van der Waals surface area contributed by atoms with Crippen molar-refractivity contribution in [2.75, 3.05) is 25.1 Å². The van der Waals surface area contributed by atoms with Gasteiger partial charge in [-0.2, -0.15) is 0 Å². The SMILES string of the molecule is CC(C)C(=O)OCc1ccc(NC(=O)CNC=O)c(OC2CC(O)CC(C(=O)O)O2)c1.CC(C)CCOCCC(=O)NC(C)C(C)C. The Morgan fingerprint density at radius 3 is 2.32 bits per heavy atom. The standard InChI is InChI=1S/C20H26N2O9.C13H27NO2/c1-11(2)20(28)29-9-12-3-4-14(22-17(25)8-21-10-23)15(5-12)30-18-7-13(24)6-16(31-18)19(26)27;1-10(2)6-8-16-9-7-13(15)14-12(5)11(3)4/h3-5,10-11,13,16,18,24H,6-9H2,1-2H3,(H,21,23)(H,22,25)(H,26,27);10-12H,6-9H2,1-5H3,(H,14,15). The highest BCUT2D eigenvalue weighted by atomic mass is 16.7. The first-order chi connectivity index (χ1) is 22.1. The Balaban J connectivity index is 0.000000584. The van der Waals surface area contributed by atoms with Gasteiger partial charge in [-0.15, -0.1) is 0 Å². The van der Waals surface area contributed by atoms with Gasteiger partial charge in [-0.05, 0) is 42.9 Å². The van der Waals surface area contributed by atoms with Crippen LogP contribution in [0.4, 0.5) is 5.69 Å². The van der Waals surface area contributed by atoms with Gasteiger partial charge in [0.1, 0.15) is 12.4 Å². The summed E-state index contributed by atoms with van der Waals surface area (Å²) in [6.07, 6.45) is -1.39. The van der Waals surface area contributed by atoms with Gasteiger partial charge in [0.25, 0.3) is 0 Å². The molecule has 1 saturated heterocycles. The van der Waals surface area contributed by atoms with Crippen LogP contribution in [0.5, 0.6) is 5.75 Å². The van der Waals surface area contributed by atoms with Crippen LogP contribution in [0, 0.1) is 17.8 Å². The topological polar surface area (TPSA) is 199 Å². The summed E-state index contributed by atoms with van der Waals surface area (Å²) in [6.45, 7) is 14.9. The molecule has 3 amide bonds. The number of carbonyl (C=O) groups excluding carboxylic acids is 4. The molecule has 0 spiro atoms. The number of aliphatic carboxylic acids is 1. The number of carbonyl (C=O) groups is 5. The Morgan fingerprint density at radius 2 is 1.72 bits per heavy atom. The first-order valence-corrected chi connectivity index (χ1v) is 16.0. The lowest BCUT2D eigenvalue weighted by Gasteiger charge is -2.31. The zero-order chi connectivity index (χ0) is 35.5. The van der Waals surface area contributed by atoms with E-state index in [-0.39, 0.29) is 61.3 Å². The highest BCUT2D eigenvalue weighted by Crippen LogP contribution is 2.31. The van der Waals surface area contributed by atoms with Gasteiger partial charge in [0.2, 0.25) is 24.5 Å². The summed E-state index contributed by atoms with van der Waals surface area (Å²) >= 11 is 0. The second-order valence-electron chi connectivity index (χ2n) is 12.4. The first-order valence-electron chi connectivity index (χ1n) is 16.0. The molecule has 266 valence electrons. The Morgan fingerprint density at radius 1 is 1.02 bits per heavy atom. The molecule has 1 heterocycles. The number of nitrogens with one attached hydrogen (secondary N) is 3. The molecule has 0 saturated carbocycles. The Hall–Kier alpha value is -3.75. The van der Waals surface area contributed by atoms with Crippen LogP contribution in [0.3, 0.4) is 0 Å². The molecule has 5 N–H and O–H groups in total. The number of carboxylic acids is 1. The molecule has 1 fully saturated rings. The quantitative estimate of drug-likeness (QED) is 0.0876. The molecule has 47 heavy (non-hydrogen) atoms. The van der Waals surface area contributed by atoms with E-state index in [1.807, 2.05) is 6.92 Å².